The summed E-state index contributed by atoms with van der Waals surface area (Å²) in [5, 5.41) is 3.42. The summed E-state index contributed by atoms with van der Waals surface area (Å²) in [5.74, 6) is 1.03. The first kappa shape index (κ1) is 11.1. The Balaban J connectivity index is 1.69. The fraction of sp³-hybridized carbons (Fsp3) is 0.769. The number of aromatic nitrogens is 2. The van der Waals surface area contributed by atoms with Crippen molar-refractivity contribution in [2.45, 2.75) is 51.2 Å². The minimum Gasteiger partial charge on any atom is -0.353 e. The van der Waals surface area contributed by atoms with E-state index < -0.39 is 0 Å². The van der Waals surface area contributed by atoms with Gasteiger partial charge >= 0.3 is 0 Å². The molecule has 1 atom stereocenters. The number of imidazole rings is 1. The van der Waals surface area contributed by atoms with Crippen molar-refractivity contribution in [2.75, 3.05) is 18.4 Å². The van der Waals surface area contributed by atoms with Gasteiger partial charge in [0.15, 0.2) is 0 Å². The van der Waals surface area contributed by atoms with Crippen LogP contribution >= 0.6 is 0 Å². The summed E-state index contributed by atoms with van der Waals surface area (Å²) in [7, 11) is 0. The van der Waals surface area contributed by atoms with Crippen molar-refractivity contribution in [1.82, 2.24) is 14.5 Å². The fourth-order valence-electron chi connectivity index (χ4n) is 2.74. The minimum atomic E-state index is 0.442. The summed E-state index contributed by atoms with van der Waals surface area (Å²) >= 11 is 0. The van der Waals surface area contributed by atoms with Crippen LogP contribution in [0.2, 0.25) is 0 Å². The second-order valence-corrected chi connectivity index (χ2v) is 5.63. The van der Waals surface area contributed by atoms with Gasteiger partial charge in [0.1, 0.15) is 0 Å². The average molecular weight is 234 g/mol. The number of nitrogens with one attached hydrogen (secondary N) is 1. The Morgan fingerprint density at radius 2 is 2.12 bits per heavy atom. The van der Waals surface area contributed by atoms with Crippen LogP contribution in [0.15, 0.2) is 12.4 Å². The van der Waals surface area contributed by atoms with Crippen LogP contribution in [0, 0.1) is 0 Å². The first-order chi connectivity index (χ1) is 8.24. The summed E-state index contributed by atoms with van der Waals surface area (Å²) in [4.78, 5) is 7.06. The molecule has 1 saturated heterocycles. The molecule has 94 valence electrons. The van der Waals surface area contributed by atoms with E-state index in [1.807, 2.05) is 6.20 Å². The van der Waals surface area contributed by atoms with Gasteiger partial charge in [0, 0.05) is 37.6 Å². The molecular formula is C13H22N4. The Morgan fingerprint density at radius 1 is 1.29 bits per heavy atom. The summed E-state index contributed by atoms with van der Waals surface area (Å²) in [6, 6.07) is 1.95. The van der Waals surface area contributed by atoms with Crippen molar-refractivity contribution < 1.29 is 0 Å². The van der Waals surface area contributed by atoms with Gasteiger partial charge in [-0.3, -0.25) is 4.90 Å². The number of hydrogen-bond donors (Lipinski definition) is 1. The van der Waals surface area contributed by atoms with Gasteiger partial charge in [0.05, 0.1) is 6.04 Å². The molecule has 4 heteroatoms. The number of hydrogen-bond acceptors (Lipinski definition) is 3. The van der Waals surface area contributed by atoms with Gasteiger partial charge in [-0.05, 0) is 33.1 Å². The van der Waals surface area contributed by atoms with E-state index in [1.165, 1.54) is 32.4 Å². The molecule has 1 aliphatic heterocycles. The van der Waals surface area contributed by atoms with Gasteiger partial charge in [0.2, 0.25) is 5.95 Å². The van der Waals surface area contributed by atoms with E-state index in [0.717, 1.165) is 12.0 Å². The van der Waals surface area contributed by atoms with Crippen LogP contribution in [0.5, 0.6) is 0 Å². The second kappa shape index (κ2) is 4.33. The van der Waals surface area contributed by atoms with Crippen LogP contribution in [0.4, 0.5) is 5.95 Å². The molecule has 1 N–H and O–H groups in total. The Bertz CT molecular complexity index is 381. The lowest BCUT2D eigenvalue weighted by molar-refractivity contribution is 0.314. The molecule has 0 spiro atoms. The number of rotatable bonds is 4. The zero-order chi connectivity index (χ0) is 11.8. The lowest BCUT2D eigenvalue weighted by Crippen LogP contribution is -2.24. The topological polar surface area (TPSA) is 33.1 Å². The molecule has 2 fully saturated rings. The van der Waals surface area contributed by atoms with Crippen molar-refractivity contribution >= 4 is 5.95 Å². The highest BCUT2D eigenvalue weighted by Crippen LogP contribution is 2.34. The van der Waals surface area contributed by atoms with Crippen molar-refractivity contribution in [1.29, 1.82) is 0 Å². The van der Waals surface area contributed by atoms with Crippen molar-refractivity contribution in [2.24, 2.45) is 0 Å². The third-order valence-electron chi connectivity index (χ3n) is 3.74. The standard InChI is InChI=1S/C13H22N4/c1-10(2)15-13-14-6-8-17(13)12-5-7-16(9-12)11-3-4-11/h6,8,10-12H,3-5,7,9H2,1-2H3,(H,14,15). The molecule has 0 aromatic carbocycles. The van der Waals surface area contributed by atoms with Crippen LogP contribution in [-0.4, -0.2) is 39.6 Å². The van der Waals surface area contributed by atoms with Gasteiger partial charge in [-0.15, -0.1) is 0 Å². The first-order valence-electron chi connectivity index (χ1n) is 6.77. The van der Waals surface area contributed by atoms with Crippen molar-refractivity contribution in [3.8, 4) is 0 Å². The molecule has 4 nitrogen and oxygen atoms in total. The normalized spacial score (nSPS) is 25.7. The van der Waals surface area contributed by atoms with Crippen LogP contribution < -0.4 is 5.32 Å². The number of nitrogens with zero attached hydrogens (tertiary/aromatic N) is 3. The molecule has 0 amide bonds. The fourth-order valence-corrected chi connectivity index (χ4v) is 2.74. The third-order valence-corrected chi connectivity index (χ3v) is 3.74. The predicted octanol–water partition coefficient (Wildman–Crippen LogP) is 2.11. The van der Waals surface area contributed by atoms with Crippen molar-refractivity contribution in [3.63, 3.8) is 0 Å². The molecule has 1 aromatic rings. The van der Waals surface area contributed by atoms with E-state index in [0.29, 0.717) is 12.1 Å². The molecule has 0 bridgehead atoms. The lowest BCUT2D eigenvalue weighted by atomic mass is 10.2. The quantitative estimate of drug-likeness (QED) is 0.866. The Hall–Kier alpha value is -1.03. The molecular weight excluding hydrogens is 212 g/mol. The van der Waals surface area contributed by atoms with Gasteiger partial charge < -0.3 is 9.88 Å². The van der Waals surface area contributed by atoms with Gasteiger partial charge in [0.25, 0.3) is 0 Å². The van der Waals surface area contributed by atoms with E-state index >= 15 is 0 Å². The van der Waals surface area contributed by atoms with Gasteiger partial charge in [-0.1, -0.05) is 0 Å². The van der Waals surface area contributed by atoms with E-state index in [-0.39, 0.29) is 0 Å². The molecule has 3 rings (SSSR count). The maximum absolute atomic E-state index is 4.42. The van der Waals surface area contributed by atoms with Gasteiger partial charge in [-0.2, -0.15) is 0 Å². The maximum Gasteiger partial charge on any atom is 0.203 e. The molecule has 1 aliphatic carbocycles. The predicted molar refractivity (Wildman–Crippen MR) is 69.2 cm³/mol. The zero-order valence-corrected chi connectivity index (χ0v) is 10.8. The summed E-state index contributed by atoms with van der Waals surface area (Å²) in [5.41, 5.74) is 0. The third kappa shape index (κ3) is 2.32. The van der Waals surface area contributed by atoms with Crippen LogP contribution in [0.1, 0.15) is 39.2 Å². The van der Waals surface area contributed by atoms with Crippen LogP contribution in [0.3, 0.4) is 0 Å². The lowest BCUT2D eigenvalue weighted by Gasteiger charge is -2.19. The molecule has 1 unspecified atom stereocenters. The monoisotopic (exact) mass is 234 g/mol. The molecule has 1 aromatic heterocycles. The Morgan fingerprint density at radius 3 is 2.82 bits per heavy atom. The number of likely N-dealkylation sites (tertiary alicyclic amines) is 1. The van der Waals surface area contributed by atoms with Crippen molar-refractivity contribution in [3.05, 3.63) is 12.4 Å². The highest BCUT2D eigenvalue weighted by atomic mass is 15.3. The molecule has 17 heavy (non-hydrogen) atoms. The summed E-state index contributed by atoms with van der Waals surface area (Å²) < 4.78 is 2.32. The molecule has 2 heterocycles. The Labute approximate surface area is 103 Å². The highest BCUT2D eigenvalue weighted by Gasteiger charge is 2.35. The van der Waals surface area contributed by atoms with E-state index in [2.05, 4.69) is 39.8 Å². The maximum atomic E-state index is 4.42. The molecule has 1 saturated carbocycles. The zero-order valence-electron chi connectivity index (χ0n) is 10.8. The second-order valence-electron chi connectivity index (χ2n) is 5.63. The average Bonchev–Trinajstić information content (AvgIpc) is 2.85. The summed E-state index contributed by atoms with van der Waals surface area (Å²) in [6.45, 7) is 6.77. The Kier molecular flexibility index (Phi) is 2.82. The molecule has 0 radical (unpaired) electrons. The highest BCUT2D eigenvalue weighted by molar-refractivity contribution is 5.28. The van der Waals surface area contributed by atoms with Crippen LogP contribution in [-0.2, 0) is 0 Å². The SMILES string of the molecule is CC(C)Nc1nccn1C1CCN(C2CC2)C1. The first-order valence-corrected chi connectivity index (χ1v) is 6.77. The summed E-state index contributed by atoms with van der Waals surface area (Å²) in [6.07, 6.45) is 8.11. The van der Waals surface area contributed by atoms with E-state index in [4.69, 9.17) is 0 Å². The largest absolute Gasteiger partial charge is 0.353 e. The number of anilines is 1. The smallest absolute Gasteiger partial charge is 0.203 e. The van der Waals surface area contributed by atoms with E-state index in [9.17, 15) is 0 Å². The van der Waals surface area contributed by atoms with Gasteiger partial charge in [-0.25, -0.2) is 4.98 Å². The van der Waals surface area contributed by atoms with E-state index in [1.54, 1.807) is 0 Å². The minimum absolute atomic E-state index is 0.442. The van der Waals surface area contributed by atoms with Crippen LogP contribution in [0.25, 0.3) is 0 Å². The molecule has 2 aliphatic rings.